The van der Waals surface area contributed by atoms with E-state index < -0.39 is 75.9 Å². The van der Waals surface area contributed by atoms with Gasteiger partial charge in [0.2, 0.25) is 11.2 Å². The molecule has 0 amide bonds. The Morgan fingerprint density at radius 2 is 0.908 bits per heavy atom. The number of nitrogens with one attached hydrogen (secondary N) is 1. The van der Waals surface area contributed by atoms with Crippen LogP contribution in [0.5, 0.6) is 0 Å². The average molecular weight is 1130 g/mol. The lowest BCUT2D eigenvalue weighted by Gasteiger charge is -2.13. The monoisotopic (exact) mass is 1130 g/mol. The minimum absolute atomic E-state index is 0.00592. The van der Waals surface area contributed by atoms with E-state index >= 15 is 8.78 Å². The highest BCUT2D eigenvalue weighted by Crippen LogP contribution is 2.44. The number of hydrogen-bond acceptors (Lipinski definition) is 13. The van der Waals surface area contributed by atoms with Gasteiger partial charge in [-0.25, -0.2) is 73.1 Å². The molecular weight excluding hydrogens is 1090 g/mol. The third-order valence-electron chi connectivity index (χ3n) is 11.1. The highest BCUT2D eigenvalue weighted by Gasteiger charge is 2.31. The van der Waals surface area contributed by atoms with Crippen LogP contribution >= 0.6 is 34.3 Å². The van der Waals surface area contributed by atoms with Crippen molar-refractivity contribution in [1.29, 1.82) is 0 Å². The molecule has 0 aliphatic carbocycles. The second-order valence-electron chi connectivity index (χ2n) is 19.0. The van der Waals surface area contributed by atoms with Crippen molar-refractivity contribution in [3.8, 4) is 43.7 Å². The molecule has 5 aromatic carbocycles. The van der Waals surface area contributed by atoms with Gasteiger partial charge in [0.1, 0.15) is 44.7 Å². The molecule has 9 rings (SSSR count). The summed E-state index contributed by atoms with van der Waals surface area (Å²) in [5, 5.41) is 4.56. The van der Waals surface area contributed by atoms with E-state index in [0.29, 0.717) is 37.1 Å². The molecule has 0 aliphatic heterocycles. The first-order chi connectivity index (χ1) is 35.8. The molecule has 1 N–H and O–H groups in total. The molecule has 9 aromatic rings. The van der Waals surface area contributed by atoms with Gasteiger partial charge < -0.3 is 5.32 Å². The van der Waals surface area contributed by atoms with Crippen molar-refractivity contribution in [3.05, 3.63) is 189 Å². The summed E-state index contributed by atoms with van der Waals surface area (Å²) in [6.45, 7) is 11.8. The topological polar surface area (TPSA) is 158 Å². The zero-order valence-corrected chi connectivity index (χ0v) is 45.2. The van der Waals surface area contributed by atoms with Gasteiger partial charge in [-0.1, -0.05) is 96.1 Å². The summed E-state index contributed by atoms with van der Waals surface area (Å²) >= 11 is 8.61. The Balaban J connectivity index is 0.000000204. The maximum absolute atomic E-state index is 16.0. The quantitative estimate of drug-likeness (QED) is 0.0917. The Kier molecular flexibility index (Phi) is 16.0. The van der Waals surface area contributed by atoms with Crippen LogP contribution in [0.2, 0.25) is 5.28 Å². The van der Waals surface area contributed by atoms with Crippen LogP contribution in [-0.2, 0) is 42.0 Å². The molecule has 0 radical (unpaired) electrons. The molecule has 0 fully saturated rings. The number of halogens is 7. The predicted octanol–water partition coefficient (Wildman–Crippen LogP) is 14.3. The van der Waals surface area contributed by atoms with Crippen molar-refractivity contribution in [2.24, 2.45) is 0 Å². The fourth-order valence-corrected chi connectivity index (χ4v) is 12.9. The number of benzene rings is 5. The molecular formula is C54H44ClF6N7O4S4. The van der Waals surface area contributed by atoms with E-state index in [1.807, 2.05) is 71.9 Å². The number of rotatable bonds is 12. The number of para-hydroxylation sites is 1. The van der Waals surface area contributed by atoms with Gasteiger partial charge in [0, 0.05) is 51.2 Å². The first-order valence-corrected chi connectivity index (χ1v) is 28.2. The van der Waals surface area contributed by atoms with Gasteiger partial charge in [-0.3, -0.25) is 0 Å². The Hall–Kier alpha value is -6.91. The maximum atomic E-state index is 16.0. The molecule has 0 unspecified atom stereocenters. The third-order valence-corrected chi connectivity index (χ3v) is 17.7. The molecule has 0 bridgehead atoms. The van der Waals surface area contributed by atoms with Crippen molar-refractivity contribution in [2.45, 2.75) is 73.7 Å². The van der Waals surface area contributed by atoms with Gasteiger partial charge in [0.05, 0.1) is 54.1 Å². The second kappa shape index (κ2) is 22.0. The van der Waals surface area contributed by atoms with Gasteiger partial charge in [-0.15, -0.1) is 22.7 Å². The molecule has 4 aromatic heterocycles. The van der Waals surface area contributed by atoms with E-state index in [2.05, 4.69) is 30.2 Å². The number of nitrogens with zero attached hydrogens (tertiary/aromatic N) is 6. The van der Waals surface area contributed by atoms with Crippen LogP contribution in [0.4, 0.5) is 38.0 Å². The first kappa shape index (κ1) is 55.3. The van der Waals surface area contributed by atoms with Crippen LogP contribution < -0.4 is 5.32 Å². The van der Waals surface area contributed by atoms with Crippen LogP contribution in [0.1, 0.15) is 62.7 Å². The molecule has 392 valence electrons. The van der Waals surface area contributed by atoms with E-state index in [0.717, 1.165) is 42.1 Å². The van der Waals surface area contributed by atoms with E-state index in [4.69, 9.17) is 16.6 Å². The second-order valence-corrected chi connectivity index (χ2v) is 25.2. The van der Waals surface area contributed by atoms with Gasteiger partial charge >= 0.3 is 0 Å². The number of aromatic nitrogens is 6. The predicted molar refractivity (Wildman–Crippen MR) is 284 cm³/mol. The van der Waals surface area contributed by atoms with E-state index in [-0.39, 0.29) is 49.8 Å². The van der Waals surface area contributed by atoms with Crippen molar-refractivity contribution in [2.75, 3.05) is 5.32 Å². The highest BCUT2D eigenvalue weighted by atomic mass is 35.5. The molecule has 0 saturated carbocycles. The fraction of sp³-hybridized carbons (Fsp3) is 0.185. The summed E-state index contributed by atoms with van der Waals surface area (Å²) in [6.07, 6.45) is 3.05. The summed E-state index contributed by atoms with van der Waals surface area (Å²) in [5.41, 5.74) is 1.08. The van der Waals surface area contributed by atoms with Gasteiger partial charge in [0.25, 0.3) is 0 Å². The van der Waals surface area contributed by atoms with Crippen LogP contribution in [0.15, 0.2) is 137 Å². The van der Waals surface area contributed by atoms with Gasteiger partial charge in [-0.2, -0.15) is 0 Å². The number of thiazole rings is 2. The normalized spacial score (nSPS) is 12.1. The Bertz CT molecular complexity index is 3830. The van der Waals surface area contributed by atoms with Crippen LogP contribution in [0.3, 0.4) is 0 Å². The summed E-state index contributed by atoms with van der Waals surface area (Å²) in [7, 11) is -9.08. The van der Waals surface area contributed by atoms with Crippen LogP contribution in [-0.4, -0.2) is 46.7 Å². The SMILES string of the molecule is CC(C)(C)c1nc(-c2cccc(CS(=O)(=O)c3c(F)cccc3F)c2F)c(-c2ccnc(Cl)n2)s1.CC(C)(C)c1nc(-c2cccc(CS(=O)(=O)c3c(F)cccc3F)c2F)c(-c2ccnc(Nc3ccccc3)n2)s1. The minimum Gasteiger partial charge on any atom is -0.324 e. The zero-order chi connectivity index (χ0) is 54.9. The van der Waals surface area contributed by atoms with Crippen molar-refractivity contribution in [1.82, 2.24) is 29.9 Å². The lowest BCUT2D eigenvalue weighted by atomic mass is 9.98. The third kappa shape index (κ3) is 12.2. The summed E-state index contributed by atoms with van der Waals surface area (Å²) in [5.74, 6) is -8.19. The molecule has 76 heavy (non-hydrogen) atoms. The smallest absolute Gasteiger partial charge is 0.227 e. The standard InChI is InChI=1S/C30H25F3N4O2S2.C24H19ClF3N3O2S2/c1-30(2,3)28-37-25(26(40-28)23-15-16-34-29(36-23)35-19-10-5-4-6-11-19)20-12-7-9-18(24(20)33)17-41(38,39)27-21(31)13-8-14-22(27)32;1-24(2,3)22-31-19(20(34-22)17-10-11-29-23(25)30-17)14-7-4-6-13(18(14)28)12-35(32,33)21-15(26)8-5-9-16(21)27/h4-16H,17H2,1-3H3,(H,34,35,36);4-11H,12H2,1-3H3. The lowest BCUT2D eigenvalue weighted by molar-refractivity contribution is 0.516. The minimum atomic E-state index is -4.55. The fourth-order valence-electron chi connectivity index (χ4n) is 7.51. The Morgan fingerprint density at radius 1 is 0.500 bits per heavy atom. The number of sulfone groups is 2. The summed E-state index contributed by atoms with van der Waals surface area (Å²) in [6, 6.07) is 26.6. The lowest BCUT2D eigenvalue weighted by Crippen LogP contribution is -2.11. The molecule has 4 heterocycles. The van der Waals surface area contributed by atoms with E-state index in [9.17, 15) is 34.4 Å². The Labute approximate surface area is 447 Å². The summed E-state index contributed by atoms with van der Waals surface area (Å²) < 4.78 is 140. The molecule has 0 aliphatic rings. The van der Waals surface area contributed by atoms with E-state index in [1.54, 1.807) is 18.3 Å². The zero-order valence-electron chi connectivity index (χ0n) is 41.1. The molecule has 0 atom stereocenters. The highest BCUT2D eigenvalue weighted by molar-refractivity contribution is 7.91. The van der Waals surface area contributed by atoms with E-state index in [1.165, 1.54) is 65.3 Å². The van der Waals surface area contributed by atoms with Gasteiger partial charge in [-0.05, 0) is 72.3 Å². The first-order valence-electron chi connectivity index (χ1n) is 22.9. The molecule has 11 nitrogen and oxygen atoms in total. The van der Waals surface area contributed by atoms with Crippen molar-refractivity contribution >= 4 is 65.6 Å². The number of hydrogen-bond donors (Lipinski definition) is 1. The largest absolute Gasteiger partial charge is 0.324 e. The maximum Gasteiger partial charge on any atom is 0.227 e. The number of anilines is 2. The summed E-state index contributed by atoms with van der Waals surface area (Å²) in [4.78, 5) is 25.3. The van der Waals surface area contributed by atoms with Crippen molar-refractivity contribution in [3.63, 3.8) is 0 Å². The van der Waals surface area contributed by atoms with Gasteiger partial charge in [0.15, 0.2) is 19.7 Å². The van der Waals surface area contributed by atoms with Crippen LogP contribution in [0, 0.1) is 34.9 Å². The van der Waals surface area contributed by atoms with Crippen molar-refractivity contribution < 1.29 is 43.2 Å². The molecule has 22 heteroatoms. The Morgan fingerprint density at radius 3 is 1.33 bits per heavy atom. The average Bonchev–Trinajstić information content (AvgIpc) is 4.02. The molecule has 0 saturated heterocycles. The molecule has 0 spiro atoms. The van der Waals surface area contributed by atoms with Crippen LogP contribution in [0.25, 0.3) is 43.7 Å².